The fraction of sp³-hybridized carbons (Fsp3) is 0.231. The average Bonchev–Trinajstić information content (AvgIpc) is 2.76. The fourth-order valence-corrected chi connectivity index (χ4v) is 2.77. The van der Waals surface area contributed by atoms with E-state index in [0.717, 1.165) is 0 Å². The molecule has 1 aromatic carbocycles. The molecule has 1 N–H and O–H groups in total. The number of ether oxygens (including phenoxy) is 1. The molecule has 0 aliphatic carbocycles. The van der Waals surface area contributed by atoms with Crippen molar-refractivity contribution in [3.05, 3.63) is 39.5 Å². The third-order valence-electron chi connectivity index (χ3n) is 2.54. The van der Waals surface area contributed by atoms with Gasteiger partial charge in [0, 0.05) is 0 Å². The van der Waals surface area contributed by atoms with Gasteiger partial charge in [0.1, 0.15) is 10.6 Å². The first-order chi connectivity index (χ1) is 9.54. The molecule has 4 nitrogen and oxygen atoms in total. The summed E-state index contributed by atoms with van der Waals surface area (Å²) >= 11 is 13.3. The van der Waals surface area contributed by atoms with Crippen LogP contribution in [0.3, 0.4) is 0 Å². The Balaban J connectivity index is 2.35. The summed E-state index contributed by atoms with van der Waals surface area (Å²) < 4.78 is 9.20. The molecule has 0 saturated carbocycles. The number of nitrogens with zero attached hydrogens (tertiary/aromatic N) is 1. The van der Waals surface area contributed by atoms with Crippen LogP contribution in [0.4, 0.5) is 10.7 Å². The number of hydrogen-bond acceptors (Lipinski definition) is 5. The molecule has 2 rings (SSSR count). The molecule has 0 fully saturated rings. The van der Waals surface area contributed by atoms with Crippen molar-refractivity contribution in [3.8, 4) is 0 Å². The third kappa shape index (κ3) is 3.06. The zero-order chi connectivity index (χ0) is 14.7. The van der Waals surface area contributed by atoms with Crippen molar-refractivity contribution in [3.63, 3.8) is 0 Å². The molecule has 0 atom stereocenters. The normalized spacial score (nSPS) is 10.4. The van der Waals surface area contributed by atoms with E-state index in [-0.39, 0.29) is 0 Å². The second-order valence-electron chi connectivity index (χ2n) is 3.92. The van der Waals surface area contributed by atoms with Crippen LogP contribution >= 0.6 is 34.7 Å². The van der Waals surface area contributed by atoms with Crippen LogP contribution in [0.25, 0.3) is 0 Å². The molecule has 7 heteroatoms. The van der Waals surface area contributed by atoms with Crippen LogP contribution in [0.1, 0.15) is 23.0 Å². The van der Waals surface area contributed by atoms with Crippen LogP contribution < -0.4 is 5.32 Å². The van der Waals surface area contributed by atoms with Crippen LogP contribution in [0.5, 0.6) is 0 Å². The summed E-state index contributed by atoms with van der Waals surface area (Å²) in [5.74, 6) is -0.403. The topological polar surface area (TPSA) is 51.2 Å². The largest absolute Gasteiger partial charge is 0.462 e. The Hall–Kier alpha value is -1.30. The molecule has 0 saturated heterocycles. The Bertz CT molecular complexity index is 643. The highest BCUT2D eigenvalue weighted by atomic mass is 35.5. The highest BCUT2D eigenvalue weighted by molar-refractivity contribution is 7.10. The summed E-state index contributed by atoms with van der Waals surface area (Å²) in [6, 6.07) is 5.24. The highest BCUT2D eigenvalue weighted by Crippen LogP contribution is 2.35. The maximum atomic E-state index is 11.9. The van der Waals surface area contributed by atoms with Gasteiger partial charge in [-0.2, -0.15) is 4.37 Å². The average molecular weight is 331 g/mol. The van der Waals surface area contributed by atoms with E-state index in [2.05, 4.69) is 9.69 Å². The SMILES string of the molecule is CCOC(=O)c1c(C)nsc1Nc1cccc(Cl)c1Cl. The summed E-state index contributed by atoms with van der Waals surface area (Å²) in [5, 5.41) is 4.51. The number of benzene rings is 1. The van der Waals surface area contributed by atoms with Crippen LogP contribution in [0.2, 0.25) is 10.0 Å². The number of nitrogens with one attached hydrogen (secondary N) is 1. The zero-order valence-corrected chi connectivity index (χ0v) is 13.2. The highest BCUT2D eigenvalue weighted by Gasteiger charge is 2.20. The molecule has 20 heavy (non-hydrogen) atoms. The molecule has 0 bridgehead atoms. The first kappa shape index (κ1) is 15.1. The van der Waals surface area contributed by atoms with Crippen LogP contribution in [0.15, 0.2) is 18.2 Å². The van der Waals surface area contributed by atoms with E-state index in [0.29, 0.717) is 38.6 Å². The van der Waals surface area contributed by atoms with Crippen molar-refractivity contribution in [2.75, 3.05) is 11.9 Å². The third-order valence-corrected chi connectivity index (χ3v) is 4.21. The molecule has 0 unspecified atom stereocenters. The lowest BCUT2D eigenvalue weighted by atomic mass is 10.2. The molecule has 1 heterocycles. The van der Waals surface area contributed by atoms with Gasteiger partial charge in [-0.1, -0.05) is 29.3 Å². The molecule has 0 amide bonds. The number of hydrogen-bond donors (Lipinski definition) is 1. The van der Waals surface area contributed by atoms with Crippen molar-refractivity contribution >= 4 is 51.4 Å². The van der Waals surface area contributed by atoms with Gasteiger partial charge in [0.2, 0.25) is 0 Å². The number of esters is 1. The van der Waals surface area contributed by atoms with Crippen LogP contribution in [-0.4, -0.2) is 16.9 Å². The quantitative estimate of drug-likeness (QED) is 0.827. The standard InChI is InChI=1S/C13H12Cl2N2O2S/c1-3-19-13(18)10-7(2)17-20-12(10)16-9-6-4-5-8(14)11(9)15/h4-6,16H,3H2,1-2H3. The summed E-state index contributed by atoms with van der Waals surface area (Å²) in [6.07, 6.45) is 0. The van der Waals surface area contributed by atoms with Crippen LogP contribution in [0, 0.1) is 6.92 Å². The molecule has 0 aliphatic heterocycles. The summed E-state index contributed by atoms with van der Waals surface area (Å²) in [4.78, 5) is 11.9. The van der Waals surface area contributed by atoms with Crippen LogP contribution in [-0.2, 0) is 4.74 Å². The van der Waals surface area contributed by atoms with Gasteiger partial charge in [0.25, 0.3) is 0 Å². The van der Waals surface area contributed by atoms with E-state index in [1.807, 2.05) is 0 Å². The molecule has 0 spiro atoms. The maximum absolute atomic E-state index is 11.9. The van der Waals surface area contributed by atoms with E-state index in [4.69, 9.17) is 27.9 Å². The number of carbonyl (C=O) groups excluding carboxylic acids is 1. The first-order valence-electron chi connectivity index (χ1n) is 5.89. The molecular weight excluding hydrogens is 319 g/mol. The molecule has 106 valence electrons. The Labute approximate surface area is 130 Å². The first-order valence-corrected chi connectivity index (χ1v) is 7.42. The Kier molecular flexibility index (Phi) is 4.86. The lowest BCUT2D eigenvalue weighted by Gasteiger charge is -2.09. The van der Waals surface area contributed by atoms with Gasteiger partial charge in [0.05, 0.1) is 28.0 Å². The smallest absolute Gasteiger partial charge is 0.343 e. The predicted octanol–water partition coefficient (Wildman–Crippen LogP) is 4.68. The maximum Gasteiger partial charge on any atom is 0.343 e. The van der Waals surface area contributed by atoms with Crippen molar-refractivity contribution < 1.29 is 9.53 Å². The van der Waals surface area contributed by atoms with Crippen molar-refractivity contribution in [2.24, 2.45) is 0 Å². The Morgan fingerprint density at radius 1 is 1.45 bits per heavy atom. The van der Waals surface area contributed by atoms with Crippen molar-refractivity contribution in [1.29, 1.82) is 0 Å². The number of aryl methyl sites for hydroxylation is 1. The number of halogens is 2. The second-order valence-corrected chi connectivity index (χ2v) is 5.48. The number of anilines is 2. The minimum atomic E-state index is -0.403. The van der Waals surface area contributed by atoms with E-state index < -0.39 is 5.97 Å². The summed E-state index contributed by atoms with van der Waals surface area (Å²) in [7, 11) is 0. The number of rotatable bonds is 4. The van der Waals surface area contributed by atoms with Gasteiger partial charge in [-0.05, 0) is 37.5 Å². The minimum absolute atomic E-state index is 0.311. The molecule has 1 aromatic heterocycles. The Morgan fingerprint density at radius 3 is 2.90 bits per heavy atom. The van der Waals surface area contributed by atoms with Gasteiger partial charge >= 0.3 is 5.97 Å². The number of carbonyl (C=O) groups is 1. The van der Waals surface area contributed by atoms with Gasteiger partial charge in [0.15, 0.2) is 0 Å². The summed E-state index contributed by atoms with van der Waals surface area (Å²) in [5.41, 5.74) is 1.66. The second kappa shape index (κ2) is 6.43. The lowest BCUT2D eigenvalue weighted by Crippen LogP contribution is -2.07. The lowest BCUT2D eigenvalue weighted by molar-refractivity contribution is 0.0527. The van der Waals surface area contributed by atoms with E-state index in [9.17, 15) is 4.79 Å². The predicted molar refractivity (Wildman–Crippen MR) is 82.6 cm³/mol. The summed E-state index contributed by atoms with van der Waals surface area (Å²) in [6.45, 7) is 3.83. The van der Waals surface area contributed by atoms with Crippen molar-refractivity contribution in [2.45, 2.75) is 13.8 Å². The van der Waals surface area contributed by atoms with E-state index in [1.165, 1.54) is 11.5 Å². The van der Waals surface area contributed by atoms with Gasteiger partial charge in [-0.25, -0.2) is 4.79 Å². The van der Waals surface area contributed by atoms with Gasteiger partial charge < -0.3 is 10.1 Å². The minimum Gasteiger partial charge on any atom is -0.462 e. The molecule has 2 aromatic rings. The Morgan fingerprint density at radius 2 is 2.20 bits per heavy atom. The zero-order valence-electron chi connectivity index (χ0n) is 10.9. The fourth-order valence-electron chi connectivity index (χ4n) is 1.62. The number of aromatic nitrogens is 1. The monoisotopic (exact) mass is 330 g/mol. The van der Waals surface area contributed by atoms with E-state index in [1.54, 1.807) is 32.0 Å². The van der Waals surface area contributed by atoms with Crippen molar-refractivity contribution in [1.82, 2.24) is 4.37 Å². The van der Waals surface area contributed by atoms with Gasteiger partial charge in [-0.15, -0.1) is 0 Å². The molecular formula is C13H12Cl2N2O2S. The molecule has 0 radical (unpaired) electrons. The van der Waals surface area contributed by atoms with Gasteiger partial charge in [-0.3, -0.25) is 0 Å². The molecule has 0 aliphatic rings. The van der Waals surface area contributed by atoms with E-state index >= 15 is 0 Å².